The highest BCUT2D eigenvalue weighted by Crippen LogP contribution is 2.25. The van der Waals surface area contributed by atoms with Crippen LogP contribution in [0.4, 0.5) is 5.82 Å². The van der Waals surface area contributed by atoms with Crippen molar-refractivity contribution in [2.45, 2.75) is 5.88 Å². The third-order valence-corrected chi connectivity index (χ3v) is 5.24. The molecule has 0 radical (unpaired) electrons. The van der Waals surface area contributed by atoms with Gasteiger partial charge in [0.1, 0.15) is 11.6 Å². The number of halogens is 1. The molecule has 2 heterocycles. The Kier molecular flexibility index (Phi) is 3.52. The van der Waals surface area contributed by atoms with Crippen molar-refractivity contribution in [2.75, 3.05) is 29.5 Å². The van der Waals surface area contributed by atoms with Gasteiger partial charge < -0.3 is 4.90 Å². The summed E-state index contributed by atoms with van der Waals surface area (Å²) in [5.41, 5.74) is 0.835. The molecule has 0 amide bonds. The average Bonchev–Trinajstić information content (AvgIpc) is 2.46. The smallest absolute Gasteiger partial charge is 0.153 e. The third-order valence-electron chi connectivity index (χ3n) is 3.39. The summed E-state index contributed by atoms with van der Waals surface area (Å²) < 4.78 is 23.1. The lowest BCUT2D eigenvalue weighted by Gasteiger charge is -2.28. The number of anilines is 1. The molecule has 3 rings (SSSR count). The highest BCUT2D eigenvalue weighted by molar-refractivity contribution is 7.91. The van der Waals surface area contributed by atoms with Crippen molar-refractivity contribution in [1.29, 1.82) is 0 Å². The van der Waals surface area contributed by atoms with Gasteiger partial charge in [0.25, 0.3) is 0 Å². The summed E-state index contributed by atoms with van der Waals surface area (Å²) in [5, 5.41) is 0.931. The van der Waals surface area contributed by atoms with Gasteiger partial charge in [-0.3, -0.25) is 0 Å². The molecule has 0 saturated carbocycles. The van der Waals surface area contributed by atoms with Crippen LogP contribution in [0.5, 0.6) is 0 Å². The molecule has 1 aliphatic rings. The second-order valence-corrected chi connectivity index (χ2v) is 7.32. The number of fused-ring (bicyclic) bond motifs is 1. The highest BCUT2D eigenvalue weighted by Gasteiger charge is 2.24. The molecule has 1 aliphatic heterocycles. The Hall–Kier alpha value is -1.40. The van der Waals surface area contributed by atoms with Crippen molar-refractivity contribution in [3.05, 3.63) is 30.1 Å². The van der Waals surface area contributed by atoms with Crippen LogP contribution in [0.25, 0.3) is 10.9 Å². The Morgan fingerprint density at radius 1 is 1.15 bits per heavy atom. The molecule has 0 N–H and O–H groups in total. The Morgan fingerprint density at radius 3 is 2.55 bits per heavy atom. The predicted octanol–water partition coefficient (Wildman–Crippen LogP) is 1.60. The molecule has 0 unspecified atom stereocenters. The Morgan fingerprint density at radius 2 is 1.85 bits per heavy atom. The molecule has 106 valence electrons. The van der Waals surface area contributed by atoms with Gasteiger partial charge in [-0.25, -0.2) is 18.4 Å². The molecular weight excluding hydrogens is 298 g/mol. The van der Waals surface area contributed by atoms with E-state index in [-0.39, 0.29) is 17.4 Å². The molecule has 5 nitrogen and oxygen atoms in total. The first kappa shape index (κ1) is 13.6. The number of nitrogens with zero attached hydrogens (tertiary/aromatic N) is 3. The molecule has 1 aromatic heterocycles. The number of rotatable bonds is 2. The summed E-state index contributed by atoms with van der Waals surface area (Å²) in [6, 6.07) is 7.71. The number of benzene rings is 1. The second kappa shape index (κ2) is 5.18. The summed E-state index contributed by atoms with van der Waals surface area (Å²) >= 11 is 5.84. The van der Waals surface area contributed by atoms with Crippen LogP contribution in [0.2, 0.25) is 0 Å². The summed E-state index contributed by atoms with van der Waals surface area (Å²) in [6.07, 6.45) is 0. The maximum atomic E-state index is 11.5. The van der Waals surface area contributed by atoms with Crippen LogP contribution >= 0.6 is 11.6 Å². The van der Waals surface area contributed by atoms with Crippen LogP contribution in [-0.4, -0.2) is 43.0 Å². The van der Waals surface area contributed by atoms with E-state index in [4.69, 9.17) is 11.6 Å². The predicted molar refractivity (Wildman–Crippen MR) is 80.0 cm³/mol. The normalized spacial score (nSPS) is 18.4. The van der Waals surface area contributed by atoms with E-state index in [1.807, 2.05) is 29.2 Å². The molecule has 1 fully saturated rings. The van der Waals surface area contributed by atoms with Gasteiger partial charge in [-0.1, -0.05) is 12.1 Å². The van der Waals surface area contributed by atoms with Gasteiger partial charge in [-0.05, 0) is 12.1 Å². The van der Waals surface area contributed by atoms with Crippen molar-refractivity contribution in [1.82, 2.24) is 9.97 Å². The van der Waals surface area contributed by atoms with E-state index in [9.17, 15) is 8.42 Å². The zero-order valence-corrected chi connectivity index (χ0v) is 12.4. The van der Waals surface area contributed by atoms with E-state index in [1.54, 1.807) is 0 Å². The first-order valence-corrected chi connectivity index (χ1v) is 8.72. The molecule has 1 saturated heterocycles. The van der Waals surface area contributed by atoms with Gasteiger partial charge in [0, 0.05) is 18.5 Å². The zero-order chi connectivity index (χ0) is 14.2. The van der Waals surface area contributed by atoms with Crippen molar-refractivity contribution < 1.29 is 8.42 Å². The quantitative estimate of drug-likeness (QED) is 0.788. The molecule has 2 aromatic rings. The van der Waals surface area contributed by atoms with Crippen LogP contribution in [-0.2, 0) is 15.7 Å². The molecule has 0 atom stereocenters. The summed E-state index contributed by atoms with van der Waals surface area (Å²) in [7, 11) is -2.90. The number of alkyl halides is 1. The molecule has 7 heteroatoms. The van der Waals surface area contributed by atoms with Crippen molar-refractivity contribution >= 4 is 38.2 Å². The van der Waals surface area contributed by atoms with E-state index < -0.39 is 9.84 Å². The molecule has 1 aromatic carbocycles. The van der Waals surface area contributed by atoms with Crippen LogP contribution in [0, 0.1) is 0 Å². The monoisotopic (exact) mass is 311 g/mol. The van der Waals surface area contributed by atoms with Gasteiger partial charge in [0.2, 0.25) is 0 Å². The number of para-hydroxylation sites is 1. The van der Waals surface area contributed by atoms with Crippen molar-refractivity contribution in [3.63, 3.8) is 0 Å². The van der Waals surface area contributed by atoms with Crippen molar-refractivity contribution in [3.8, 4) is 0 Å². The fraction of sp³-hybridized carbons (Fsp3) is 0.385. The molecular formula is C13H14ClN3O2S. The summed E-state index contributed by atoms with van der Waals surface area (Å²) in [6.45, 7) is 0.927. The van der Waals surface area contributed by atoms with E-state index in [2.05, 4.69) is 9.97 Å². The van der Waals surface area contributed by atoms with E-state index in [1.165, 1.54) is 0 Å². The summed E-state index contributed by atoms with van der Waals surface area (Å²) in [4.78, 5) is 10.9. The maximum Gasteiger partial charge on any atom is 0.153 e. The van der Waals surface area contributed by atoms with Gasteiger partial charge in [0.15, 0.2) is 9.84 Å². The standard InChI is InChI=1S/C13H14ClN3O2S/c14-9-12-15-11-4-2-1-3-10(11)13(16-12)17-5-7-20(18,19)8-6-17/h1-4H,5-9H2. The molecule has 20 heavy (non-hydrogen) atoms. The fourth-order valence-corrected chi connectivity index (χ4v) is 3.65. The number of hydrogen-bond acceptors (Lipinski definition) is 5. The van der Waals surface area contributed by atoms with E-state index >= 15 is 0 Å². The topological polar surface area (TPSA) is 63.2 Å². The minimum Gasteiger partial charge on any atom is -0.354 e. The number of aromatic nitrogens is 2. The van der Waals surface area contributed by atoms with E-state index in [0.717, 1.165) is 16.7 Å². The van der Waals surface area contributed by atoms with Gasteiger partial charge in [-0.2, -0.15) is 0 Å². The summed E-state index contributed by atoms with van der Waals surface area (Å²) in [5.74, 6) is 1.92. The highest BCUT2D eigenvalue weighted by atomic mass is 35.5. The Bertz CT molecular complexity index is 734. The molecule has 0 aliphatic carbocycles. The van der Waals surface area contributed by atoms with Crippen LogP contribution in [0.3, 0.4) is 0 Å². The number of hydrogen-bond donors (Lipinski definition) is 0. The minimum absolute atomic E-state index is 0.168. The SMILES string of the molecule is O=S1(=O)CCN(c2nc(CCl)nc3ccccc23)CC1. The Balaban J connectivity index is 2.06. The molecule has 0 spiro atoms. The minimum atomic E-state index is -2.90. The average molecular weight is 312 g/mol. The van der Waals surface area contributed by atoms with E-state index in [0.29, 0.717) is 18.9 Å². The van der Waals surface area contributed by atoms with Crippen LogP contribution in [0.15, 0.2) is 24.3 Å². The maximum absolute atomic E-state index is 11.5. The second-order valence-electron chi connectivity index (χ2n) is 4.75. The first-order chi connectivity index (χ1) is 9.59. The van der Waals surface area contributed by atoms with Crippen LogP contribution < -0.4 is 4.90 Å². The first-order valence-electron chi connectivity index (χ1n) is 6.36. The van der Waals surface area contributed by atoms with Crippen molar-refractivity contribution in [2.24, 2.45) is 0 Å². The fourth-order valence-electron chi connectivity index (χ4n) is 2.33. The zero-order valence-electron chi connectivity index (χ0n) is 10.8. The van der Waals surface area contributed by atoms with Gasteiger partial charge >= 0.3 is 0 Å². The lowest BCUT2D eigenvalue weighted by Crippen LogP contribution is -2.40. The van der Waals surface area contributed by atoms with Gasteiger partial charge in [0.05, 0.1) is 22.9 Å². The third kappa shape index (κ3) is 2.58. The number of sulfone groups is 1. The van der Waals surface area contributed by atoms with Crippen LogP contribution in [0.1, 0.15) is 5.82 Å². The lowest BCUT2D eigenvalue weighted by molar-refractivity contribution is 0.586. The molecule has 0 bridgehead atoms. The van der Waals surface area contributed by atoms with Gasteiger partial charge in [-0.15, -0.1) is 11.6 Å². The largest absolute Gasteiger partial charge is 0.354 e. The lowest BCUT2D eigenvalue weighted by atomic mass is 10.2. The Labute approximate surface area is 122 Å².